The van der Waals surface area contributed by atoms with Gasteiger partial charge in [0.05, 0.1) is 0 Å². The number of benzene rings is 4. The van der Waals surface area contributed by atoms with Gasteiger partial charge in [0.2, 0.25) is 0 Å². The zero-order chi connectivity index (χ0) is 22.6. The zero-order valence-electron chi connectivity index (χ0n) is 19.8. The summed E-state index contributed by atoms with van der Waals surface area (Å²) >= 11 is -1.95. The van der Waals surface area contributed by atoms with Gasteiger partial charge in [0.15, 0.2) is 0 Å². The molecule has 4 aromatic carbocycles. The summed E-state index contributed by atoms with van der Waals surface area (Å²) in [5, 5.41) is 9.49. The van der Waals surface area contributed by atoms with Crippen molar-refractivity contribution in [1.82, 2.24) is 4.40 Å². The van der Waals surface area contributed by atoms with Crippen LogP contribution < -0.4 is 8.96 Å². The van der Waals surface area contributed by atoms with Gasteiger partial charge in [0.1, 0.15) is 0 Å². The fraction of sp³-hybridized carbons (Fsp3) is 0.167. The van der Waals surface area contributed by atoms with Gasteiger partial charge in [-0.1, -0.05) is 0 Å². The molecule has 0 saturated heterocycles. The molecule has 0 fully saturated rings. The Morgan fingerprint density at radius 2 is 1.55 bits per heavy atom. The van der Waals surface area contributed by atoms with Crippen LogP contribution in [0.3, 0.4) is 0 Å². The number of fused-ring (bicyclic) bond motifs is 7. The van der Waals surface area contributed by atoms with Crippen LogP contribution in [0, 0.1) is 6.92 Å². The molecule has 0 saturated carbocycles. The number of hydrogen-bond donors (Lipinski definition) is 0. The van der Waals surface area contributed by atoms with Crippen LogP contribution in [0.25, 0.3) is 59.8 Å². The van der Waals surface area contributed by atoms with Crippen molar-refractivity contribution in [2.75, 3.05) is 0 Å². The summed E-state index contributed by atoms with van der Waals surface area (Å²) < 4.78 is 6.41. The van der Waals surface area contributed by atoms with Gasteiger partial charge in [0, 0.05) is 0 Å². The van der Waals surface area contributed by atoms with Crippen LogP contribution in [0.2, 0.25) is 17.3 Å². The molecule has 0 bridgehead atoms. The Bertz CT molecular complexity index is 1920. The maximum absolute atomic E-state index is 2.53. The number of nitrogens with zero attached hydrogens (tertiary/aromatic N) is 2. The average Bonchev–Trinajstić information content (AvgIpc) is 3.13. The van der Waals surface area contributed by atoms with Crippen molar-refractivity contribution in [3.63, 3.8) is 0 Å². The molecule has 33 heavy (non-hydrogen) atoms. The molecule has 2 nitrogen and oxygen atoms in total. The van der Waals surface area contributed by atoms with E-state index in [0.717, 1.165) is 0 Å². The van der Waals surface area contributed by atoms with Crippen molar-refractivity contribution in [3.8, 4) is 0 Å². The molecule has 0 unspecified atom stereocenters. The van der Waals surface area contributed by atoms with Gasteiger partial charge in [-0.2, -0.15) is 0 Å². The number of aromatic nitrogens is 2. The Kier molecular flexibility index (Phi) is 3.68. The first-order chi connectivity index (χ1) is 15.8. The van der Waals surface area contributed by atoms with E-state index in [9.17, 15) is 0 Å². The van der Waals surface area contributed by atoms with E-state index in [2.05, 4.69) is 113 Å². The van der Waals surface area contributed by atoms with Crippen LogP contribution in [-0.2, 0) is 7.05 Å². The molecule has 0 N–H and O–H groups in total. The Labute approximate surface area is 195 Å². The first-order valence-corrected chi connectivity index (χ1v) is 19.1. The van der Waals surface area contributed by atoms with Gasteiger partial charge in [-0.25, -0.2) is 0 Å². The summed E-state index contributed by atoms with van der Waals surface area (Å²) in [7, 11) is 2.19. The van der Waals surface area contributed by atoms with Crippen LogP contribution in [-0.4, -0.2) is 17.7 Å². The van der Waals surface area contributed by atoms with E-state index in [0.29, 0.717) is 0 Å². The monoisotopic (exact) mass is 489 g/mol. The number of pyridine rings is 2. The molecule has 3 heterocycles. The molecule has 0 atom stereocenters. The fourth-order valence-electron chi connectivity index (χ4n) is 5.92. The molecule has 3 heteroatoms. The number of aryl methyl sites for hydroxylation is 2. The Hall–Kier alpha value is -3.11. The molecule has 7 aromatic rings. The third-order valence-electron chi connectivity index (χ3n) is 7.60. The number of rotatable bonds is 1. The predicted octanol–water partition coefficient (Wildman–Crippen LogP) is 6.82. The van der Waals surface area contributed by atoms with Crippen LogP contribution in [0.4, 0.5) is 0 Å². The van der Waals surface area contributed by atoms with Crippen LogP contribution >= 0.6 is 0 Å². The summed E-state index contributed by atoms with van der Waals surface area (Å²) in [5.74, 6) is 7.44. The van der Waals surface area contributed by atoms with Crippen molar-refractivity contribution in [1.29, 1.82) is 0 Å². The minimum absolute atomic E-state index is 1.29. The standard InChI is InChI=1S/C30H27GeN2/c1-18-10-13-23-21-8-6-7-9-25(21)33-26-16-19-11-12-20(31(2,3)4)17-24(19)22-14-15-32(5)30(28(22)26)27(18)29(23)33/h6-17H,1-5H3/q+1. The fourth-order valence-corrected chi connectivity index (χ4v) is 8.35. The summed E-state index contributed by atoms with van der Waals surface area (Å²) in [6.07, 6.45) is 2.25. The van der Waals surface area contributed by atoms with E-state index in [-0.39, 0.29) is 0 Å². The van der Waals surface area contributed by atoms with Crippen molar-refractivity contribution in [3.05, 3.63) is 78.5 Å². The molecule has 0 amide bonds. The van der Waals surface area contributed by atoms with Crippen molar-refractivity contribution < 1.29 is 4.57 Å². The normalized spacial score (nSPS) is 13.0. The summed E-state index contributed by atoms with van der Waals surface area (Å²) in [6, 6.07) is 25.5. The molecular weight excluding hydrogens is 461 g/mol. The van der Waals surface area contributed by atoms with Crippen molar-refractivity contribution >= 4 is 77.4 Å². The first-order valence-electron chi connectivity index (χ1n) is 11.8. The topological polar surface area (TPSA) is 8.29 Å². The zero-order valence-corrected chi connectivity index (χ0v) is 21.9. The second-order valence-corrected chi connectivity index (χ2v) is 21.3. The number of hydrogen-bond acceptors (Lipinski definition) is 0. The molecule has 0 aliphatic heterocycles. The average molecular weight is 488 g/mol. The summed E-state index contributed by atoms with van der Waals surface area (Å²) in [6.45, 7) is 2.26. The van der Waals surface area contributed by atoms with Gasteiger partial charge in [0.25, 0.3) is 0 Å². The first kappa shape index (κ1) is 19.4. The van der Waals surface area contributed by atoms with E-state index in [1.807, 2.05) is 0 Å². The molecule has 7 rings (SSSR count). The quantitative estimate of drug-likeness (QED) is 0.104. The Morgan fingerprint density at radius 3 is 2.36 bits per heavy atom. The van der Waals surface area contributed by atoms with Crippen LogP contribution in [0.5, 0.6) is 0 Å². The minimum atomic E-state index is -1.95. The van der Waals surface area contributed by atoms with E-state index in [1.165, 1.54) is 65.3 Å². The van der Waals surface area contributed by atoms with Crippen molar-refractivity contribution in [2.24, 2.45) is 7.05 Å². The molecule has 3 aromatic heterocycles. The molecule has 0 aliphatic carbocycles. The molecular formula is C30H27GeN2+. The number of para-hydroxylation sites is 1. The van der Waals surface area contributed by atoms with Crippen LogP contribution in [0.1, 0.15) is 5.56 Å². The third kappa shape index (κ3) is 2.42. The molecule has 0 aliphatic rings. The van der Waals surface area contributed by atoms with E-state index >= 15 is 0 Å². The Balaban J connectivity index is 1.87. The predicted molar refractivity (Wildman–Crippen MR) is 145 cm³/mol. The van der Waals surface area contributed by atoms with Gasteiger partial charge in [-0.15, -0.1) is 0 Å². The van der Waals surface area contributed by atoms with E-state index in [1.54, 1.807) is 4.40 Å². The third-order valence-corrected chi connectivity index (χ3v) is 11.9. The van der Waals surface area contributed by atoms with Gasteiger partial charge in [-0.05, 0) is 0 Å². The summed E-state index contributed by atoms with van der Waals surface area (Å²) in [4.78, 5) is 0. The second-order valence-electron chi connectivity index (χ2n) is 10.7. The SMILES string of the molecule is Cc1ccc2c3ccccc3n3c4cc5cc[c]([Ge]([CH3])([CH3])[CH3])cc5c5cc[n+](C)c(c1c23)c54. The van der Waals surface area contributed by atoms with Crippen LogP contribution in [0.15, 0.2) is 72.9 Å². The van der Waals surface area contributed by atoms with Gasteiger partial charge < -0.3 is 0 Å². The van der Waals surface area contributed by atoms with E-state index in [4.69, 9.17) is 0 Å². The molecule has 0 spiro atoms. The van der Waals surface area contributed by atoms with Gasteiger partial charge in [-0.3, -0.25) is 0 Å². The second kappa shape index (κ2) is 6.27. The molecule has 0 radical (unpaired) electrons. The van der Waals surface area contributed by atoms with Crippen molar-refractivity contribution in [2.45, 2.75) is 24.2 Å². The van der Waals surface area contributed by atoms with E-state index < -0.39 is 13.3 Å². The maximum atomic E-state index is 2.53. The van der Waals surface area contributed by atoms with Gasteiger partial charge >= 0.3 is 196 Å². The molecule has 160 valence electrons. The summed E-state index contributed by atoms with van der Waals surface area (Å²) in [5.41, 5.74) is 6.60. The Morgan fingerprint density at radius 1 is 0.727 bits per heavy atom.